The molecule has 0 saturated heterocycles. The van der Waals surface area contributed by atoms with E-state index in [0.29, 0.717) is 38.9 Å². The van der Waals surface area contributed by atoms with Crippen molar-refractivity contribution in [3.63, 3.8) is 0 Å². The highest BCUT2D eigenvalue weighted by atomic mass is 35.5. The Balaban J connectivity index is 2.17. The van der Waals surface area contributed by atoms with Crippen LogP contribution in [0, 0.1) is 6.92 Å². The van der Waals surface area contributed by atoms with E-state index in [1.165, 1.54) is 4.68 Å². The second-order valence-electron chi connectivity index (χ2n) is 4.85. The van der Waals surface area contributed by atoms with Crippen LogP contribution in [0.15, 0.2) is 23.0 Å². The van der Waals surface area contributed by atoms with Crippen LogP contribution in [0.1, 0.15) is 18.2 Å². The monoisotopic (exact) mass is 337 g/mol. The third kappa shape index (κ3) is 2.38. The van der Waals surface area contributed by atoms with Crippen LogP contribution in [-0.4, -0.2) is 24.8 Å². The smallest absolute Gasteiger partial charge is 0.265 e. The maximum atomic E-state index is 12.7. The van der Waals surface area contributed by atoms with Crippen LogP contribution in [0.5, 0.6) is 0 Å². The van der Waals surface area contributed by atoms with Crippen molar-refractivity contribution in [1.29, 1.82) is 0 Å². The first-order valence-electron chi connectivity index (χ1n) is 6.76. The highest BCUT2D eigenvalue weighted by Crippen LogP contribution is 2.24. The van der Waals surface area contributed by atoms with Crippen LogP contribution >= 0.6 is 23.2 Å². The summed E-state index contributed by atoms with van der Waals surface area (Å²) in [5, 5.41) is 13.4. The summed E-state index contributed by atoms with van der Waals surface area (Å²) in [4.78, 5) is 12.7. The first-order valence-corrected chi connectivity index (χ1v) is 7.52. The molecule has 0 aliphatic heterocycles. The molecule has 2 heterocycles. The standard InChI is InChI=1S/C14H13Cl2N5O/c1-3-20-13-12(8(2)18-20)17-19-21(14(13)22)7-9-10(15)5-4-6-11(9)16/h4-6H,3,7H2,1-2H3. The van der Waals surface area contributed by atoms with E-state index in [2.05, 4.69) is 15.4 Å². The van der Waals surface area contributed by atoms with Crippen LogP contribution in [0.3, 0.4) is 0 Å². The van der Waals surface area contributed by atoms with Gasteiger partial charge in [-0.15, -0.1) is 5.10 Å². The van der Waals surface area contributed by atoms with E-state index in [4.69, 9.17) is 23.2 Å². The SMILES string of the molecule is CCn1nc(C)c2nnn(Cc3c(Cl)cccc3Cl)c(=O)c21. The van der Waals surface area contributed by atoms with Crippen LogP contribution in [0.4, 0.5) is 0 Å². The number of aryl methyl sites for hydroxylation is 2. The molecule has 1 aromatic carbocycles. The molecule has 0 N–H and O–H groups in total. The summed E-state index contributed by atoms with van der Waals surface area (Å²) in [5.41, 5.74) is 2.03. The fourth-order valence-electron chi connectivity index (χ4n) is 2.33. The topological polar surface area (TPSA) is 65.6 Å². The molecule has 0 atom stereocenters. The van der Waals surface area contributed by atoms with Crippen LogP contribution in [0.25, 0.3) is 11.0 Å². The Hall–Kier alpha value is -1.92. The van der Waals surface area contributed by atoms with E-state index >= 15 is 0 Å². The van der Waals surface area contributed by atoms with Gasteiger partial charge in [0.2, 0.25) is 0 Å². The molecule has 114 valence electrons. The molecule has 3 rings (SSSR count). The van der Waals surface area contributed by atoms with E-state index in [9.17, 15) is 4.79 Å². The Kier molecular flexibility index (Phi) is 3.88. The number of nitrogens with zero attached hydrogens (tertiary/aromatic N) is 5. The lowest BCUT2D eigenvalue weighted by Gasteiger charge is -2.08. The minimum atomic E-state index is -0.261. The quantitative estimate of drug-likeness (QED) is 0.736. The van der Waals surface area contributed by atoms with Crippen molar-refractivity contribution in [3.05, 3.63) is 49.9 Å². The largest absolute Gasteiger partial charge is 0.296 e. The summed E-state index contributed by atoms with van der Waals surface area (Å²) in [6.07, 6.45) is 0. The molecule has 8 heteroatoms. The second-order valence-corrected chi connectivity index (χ2v) is 5.67. The lowest BCUT2D eigenvalue weighted by atomic mass is 10.2. The zero-order chi connectivity index (χ0) is 15.9. The van der Waals surface area contributed by atoms with E-state index < -0.39 is 0 Å². The molecule has 0 fully saturated rings. The van der Waals surface area contributed by atoms with E-state index in [1.54, 1.807) is 29.8 Å². The number of hydrogen-bond acceptors (Lipinski definition) is 4. The first-order chi connectivity index (χ1) is 10.5. The molecule has 3 aromatic rings. The third-order valence-corrected chi connectivity index (χ3v) is 4.16. The molecule has 0 spiro atoms. The second kappa shape index (κ2) is 5.70. The summed E-state index contributed by atoms with van der Waals surface area (Å²) < 4.78 is 2.88. The summed E-state index contributed by atoms with van der Waals surface area (Å²) in [6, 6.07) is 5.20. The normalized spacial score (nSPS) is 11.3. The number of hydrogen-bond donors (Lipinski definition) is 0. The molecule has 0 saturated carbocycles. The average Bonchev–Trinajstić information content (AvgIpc) is 2.82. The Labute approximate surface area is 136 Å². The number of aromatic nitrogens is 5. The molecule has 6 nitrogen and oxygen atoms in total. The molecular formula is C14H13Cl2N5O. The molecule has 22 heavy (non-hydrogen) atoms. The van der Waals surface area contributed by atoms with Crippen molar-refractivity contribution < 1.29 is 0 Å². The van der Waals surface area contributed by atoms with Gasteiger partial charge in [0.25, 0.3) is 5.56 Å². The predicted molar refractivity (Wildman–Crippen MR) is 85.6 cm³/mol. The van der Waals surface area contributed by atoms with E-state index in [0.717, 1.165) is 0 Å². The third-order valence-electron chi connectivity index (χ3n) is 3.45. The highest BCUT2D eigenvalue weighted by Gasteiger charge is 2.16. The van der Waals surface area contributed by atoms with Gasteiger partial charge in [-0.2, -0.15) is 5.10 Å². The molecule has 0 aliphatic carbocycles. The van der Waals surface area contributed by atoms with Crippen molar-refractivity contribution >= 4 is 34.2 Å². The molecular weight excluding hydrogens is 325 g/mol. The summed E-state index contributed by atoms with van der Waals surface area (Å²) in [6.45, 7) is 4.46. The van der Waals surface area contributed by atoms with Gasteiger partial charge in [0.1, 0.15) is 5.52 Å². The van der Waals surface area contributed by atoms with Gasteiger partial charge in [-0.25, -0.2) is 4.68 Å². The lowest BCUT2D eigenvalue weighted by molar-refractivity contribution is 0.592. The zero-order valence-corrected chi connectivity index (χ0v) is 13.6. The van der Waals surface area contributed by atoms with Crippen molar-refractivity contribution in [2.24, 2.45) is 0 Å². The Bertz CT molecular complexity index is 895. The van der Waals surface area contributed by atoms with Gasteiger partial charge in [0.15, 0.2) is 5.52 Å². The number of halogens is 2. The molecule has 0 unspecified atom stereocenters. The van der Waals surface area contributed by atoms with Crippen LogP contribution < -0.4 is 5.56 Å². The van der Waals surface area contributed by atoms with Crippen LogP contribution in [0.2, 0.25) is 10.0 Å². The van der Waals surface area contributed by atoms with Gasteiger partial charge < -0.3 is 0 Å². The zero-order valence-electron chi connectivity index (χ0n) is 12.0. The van der Waals surface area contributed by atoms with Gasteiger partial charge in [-0.1, -0.05) is 34.5 Å². The molecule has 0 aliphatic rings. The summed E-state index contributed by atoms with van der Waals surface area (Å²) >= 11 is 12.3. The lowest BCUT2D eigenvalue weighted by Crippen LogP contribution is -2.26. The molecule has 2 aromatic heterocycles. The van der Waals surface area contributed by atoms with Gasteiger partial charge >= 0.3 is 0 Å². The maximum Gasteiger partial charge on any atom is 0.296 e. The van der Waals surface area contributed by atoms with E-state index in [-0.39, 0.29) is 12.1 Å². The minimum absolute atomic E-state index is 0.161. The Morgan fingerprint density at radius 1 is 1.18 bits per heavy atom. The van der Waals surface area contributed by atoms with Crippen molar-refractivity contribution in [1.82, 2.24) is 24.8 Å². The first kappa shape index (κ1) is 15.0. The van der Waals surface area contributed by atoms with Crippen LogP contribution in [-0.2, 0) is 13.1 Å². The van der Waals surface area contributed by atoms with Crippen molar-refractivity contribution in [2.75, 3.05) is 0 Å². The predicted octanol–water partition coefficient (Wildman–Crippen LogP) is 2.67. The number of benzene rings is 1. The maximum absolute atomic E-state index is 12.7. The fraction of sp³-hybridized carbons (Fsp3) is 0.286. The fourth-order valence-corrected chi connectivity index (χ4v) is 2.85. The highest BCUT2D eigenvalue weighted by molar-refractivity contribution is 6.35. The van der Waals surface area contributed by atoms with E-state index in [1.807, 2.05) is 6.92 Å². The summed E-state index contributed by atoms with van der Waals surface area (Å²) in [7, 11) is 0. The van der Waals surface area contributed by atoms with Crippen molar-refractivity contribution in [3.8, 4) is 0 Å². The molecule has 0 bridgehead atoms. The average molecular weight is 338 g/mol. The number of fused-ring (bicyclic) bond motifs is 1. The van der Waals surface area contributed by atoms with Gasteiger partial charge in [0.05, 0.1) is 12.2 Å². The Morgan fingerprint density at radius 3 is 2.50 bits per heavy atom. The Morgan fingerprint density at radius 2 is 1.86 bits per heavy atom. The minimum Gasteiger partial charge on any atom is -0.265 e. The van der Waals surface area contributed by atoms with Gasteiger partial charge in [-0.05, 0) is 26.0 Å². The van der Waals surface area contributed by atoms with Gasteiger partial charge in [-0.3, -0.25) is 9.48 Å². The number of rotatable bonds is 3. The van der Waals surface area contributed by atoms with Crippen molar-refractivity contribution in [2.45, 2.75) is 26.9 Å². The van der Waals surface area contributed by atoms with Gasteiger partial charge in [0, 0.05) is 22.2 Å². The molecule has 0 amide bonds. The molecule has 0 radical (unpaired) electrons. The summed E-state index contributed by atoms with van der Waals surface area (Å²) in [5.74, 6) is 0.